The van der Waals surface area contributed by atoms with Crippen molar-refractivity contribution >= 4 is 0 Å². The fraction of sp³-hybridized carbons (Fsp3) is 1.00. The molecule has 2 aliphatic rings. The Morgan fingerprint density at radius 3 is 2.46 bits per heavy atom. The number of nitrogens with zero attached hydrogens (tertiary/aromatic N) is 1. The Kier molecular flexibility index (Phi) is 2.51. The quantitative estimate of drug-likeness (QED) is 0.629. The number of likely N-dealkylation sites (tertiary alicyclic amines) is 1. The minimum absolute atomic E-state index is 0.286. The minimum atomic E-state index is -1.72. The lowest BCUT2D eigenvalue weighted by atomic mass is 10.1. The third-order valence-electron chi connectivity index (χ3n) is 3.07. The second-order valence-electron chi connectivity index (χ2n) is 3.93. The summed E-state index contributed by atoms with van der Waals surface area (Å²) in [6.07, 6.45) is 1.94. The molecule has 0 amide bonds. The maximum absolute atomic E-state index is 14.1. The second kappa shape index (κ2) is 3.50. The van der Waals surface area contributed by atoms with Gasteiger partial charge in [0.2, 0.25) is 5.79 Å². The number of hydrogen-bond donors (Lipinski definition) is 1. The van der Waals surface area contributed by atoms with Crippen molar-refractivity contribution in [3.63, 3.8) is 0 Å². The largest absolute Gasteiger partial charge is 0.284 e. The molecule has 76 valence electrons. The van der Waals surface area contributed by atoms with E-state index in [-0.39, 0.29) is 6.42 Å². The van der Waals surface area contributed by atoms with Gasteiger partial charge in [0.25, 0.3) is 0 Å². The van der Waals surface area contributed by atoms with Crippen LogP contribution in [0.2, 0.25) is 0 Å². The first-order valence-corrected chi connectivity index (χ1v) is 5.05. The van der Waals surface area contributed by atoms with E-state index in [9.17, 15) is 8.78 Å². The van der Waals surface area contributed by atoms with Crippen LogP contribution in [0.15, 0.2) is 0 Å². The first-order valence-electron chi connectivity index (χ1n) is 5.05. The lowest BCUT2D eigenvalue weighted by Gasteiger charge is -2.37. The number of nitrogens with one attached hydrogen (secondary N) is 1. The van der Waals surface area contributed by atoms with Crippen LogP contribution in [0.4, 0.5) is 8.78 Å². The summed E-state index contributed by atoms with van der Waals surface area (Å²) < 4.78 is 27.3. The van der Waals surface area contributed by atoms with Gasteiger partial charge in [-0.2, -0.15) is 0 Å². The maximum atomic E-state index is 14.1. The van der Waals surface area contributed by atoms with Crippen molar-refractivity contribution in [3.05, 3.63) is 0 Å². The van der Waals surface area contributed by atoms with Crippen LogP contribution < -0.4 is 5.32 Å². The lowest BCUT2D eigenvalue weighted by Crippen LogP contribution is -2.53. The van der Waals surface area contributed by atoms with Crippen LogP contribution in [0, 0.1) is 0 Å². The SMILES string of the molecule is FC1NCCC1(F)N1CCCCC1. The highest BCUT2D eigenvalue weighted by Crippen LogP contribution is 2.33. The van der Waals surface area contributed by atoms with Crippen LogP contribution >= 0.6 is 0 Å². The molecule has 0 aromatic heterocycles. The summed E-state index contributed by atoms with van der Waals surface area (Å²) in [5, 5.41) is 2.52. The molecule has 2 nitrogen and oxygen atoms in total. The smallest absolute Gasteiger partial charge is 0.210 e. The summed E-state index contributed by atoms with van der Waals surface area (Å²) in [6, 6.07) is 0. The molecule has 1 N–H and O–H groups in total. The molecule has 2 unspecified atom stereocenters. The van der Waals surface area contributed by atoms with E-state index < -0.39 is 12.1 Å². The average molecular weight is 190 g/mol. The summed E-state index contributed by atoms with van der Waals surface area (Å²) in [6.45, 7) is 1.87. The Morgan fingerprint density at radius 1 is 1.23 bits per heavy atom. The van der Waals surface area contributed by atoms with Crippen LogP contribution in [0.3, 0.4) is 0 Å². The van der Waals surface area contributed by atoms with Crippen molar-refractivity contribution in [1.29, 1.82) is 0 Å². The zero-order valence-corrected chi connectivity index (χ0v) is 7.73. The van der Waals surface area contributed by atoms with Gasteiger partial charge in [-0.1, -0.05) is 6.42 Å². The normalized spacial score (nSPS) is 42.5. The topological polar surface area (TPSA) is 15.3 Å². The van der Waals surface area contributed by atoms with Crippen LogP contribution in [0.1, 0.15) is 25.7 Å². The molecule has 0 saturated carbocycles. The highest BCUT2D eigenvalue weighted by Gasteiger charge is 2.48. The van der Waals surface area contributed by atoms with Gasteiger partial charge in [-0.15, -0.1) is 0 Å². The molecule has 13 heavy (non-hydrogen) atoms. The van der Waals surface area contributed by atoms with E-state index in [4.69, 9.17) is 0 Å². The molecule has 0 radical (unpaired) electrons. The molecule has 0 aromatic carbocycles. The molecule has 2 heterocycles. The highest BCUT2D eigenvalue weighted by atomic mass is 19.2. The van der Waals surface area contributed by atoms with E-state index >= 15 is 0 Å². The average Bonchev–Trinajstić information content (AvgIpc) is 2.50. The van der Waals surface area contributed by atoms with Gasteiger partial charge >= 0.3 is 0 Å². The molecular weight excluding hydrogens is 174 g/mol. The van der Waals surface area contributed by atoms with E-state index in [0.717, 1.165) is 19.3 Å². The third kappa shape index (κ3) is 1.57. The monoisotopic (exact) mass is 190 g/mol. The summed E-state index contributed by atoms with van der Waals surface area (Å²) in [5.41, 5.74) is 0. The number of hydrogen-bond acceptors (Lipinski definition) is 2. The number of rotatable bonds is 1. The molecule has 0 aromatic rings. The molecule has 2 atom stereocenters. The predicted molar refractivity (Wildman–Crippen MR) is 46.8 cm³/mol. The van der Waals surface area contributed by atoms with Crippen molar-refractivity contribution in [3.8, 4) is 0 Å². The van der Waals surface area contributed by atoms with Crippen molar-refractivity contribution in [2.45, 2.75) is 37.8 Å². The summed E-state index contributed by atoms with van der Waals surface area (Å²) in [7, 11) is 0. The first-order chi connectivity index (χ1) is 6.23. The molecule has 0 aliphatic carbocycles. The summed E-state index contributed by atoms with van der Waals surface area (Å²) in [4.78, 5) is 1.67. The third-order valence-corrected chi connectivity index (χ3v) is 3.07. The fourth-order valence-corrected chi connectivity index (χ4v) is 2.24. The van der Waals surface area contributed by atoms with Crippen molar-refractivity contribution in [2.24, 2.45) is 0 Å². The number of piperidine rings is 1. The van der Waals surface area contributed by atoms with Gasteiger partial charge in [0.1, 0.15) is 0 Å². The van der Waals surface area contributed by atoms with E-state index in [0.29, 0.717) is 19.6 Å². The second-order valence-corrected chi connectivity index (χ2v) is 3.93. The van der Waals surface area contributed by atoms with Crippen LogP contribution in [0.25, 0.3) is 0 Å². The molecule has 2 rings (SSSR count). The Hall–Kier alpha value is -0.220. The minimum Gasteiger partial charge on any atom is -0.284 e. The van der Waals surface area contributed by atoms with E-state index in [1.54, 1.807) is 4.90 Å². The van der Waals surface area contributed by atoms with Gasteiger partial charge in [0.05, 0.1) is 0 Å². The maximum Gasteiger partial charge on any atom is 0.210 e. The Bertz CT molecular complexity index is 182. The Labute approximate surface area is 77.3 Å². The van der Waals surface area contributed by atoms with Crippen LogP contribution in [-0.4, -0.2) is 36.6 Å². The first kappa shape index (κ1) is 9.34. The van der Waals surface area contributed by atoms with E-state index in [2.05, 4.69) is 5.32 Å². The van der Waals surface area contributed by atoms with Crippen molar-refractivity contribution < 1.29 is 8.78 Å². The standard InChI is InChI=1S/C9H16F2N2/c10-8-9(11,4-5-12-8)13-6-2-1-3-7-13/h8,12H,1-7H2. The van der Waals surface area contributed by atoms with Gasteiger partial charge in [-0.3, -0.25) is 10.2 Å². The van der Waals surface area contributed by atoms with Crippen molar-refractivity contribution in [1.82, 2.24) is 10.2 Å². The molecule has 2 aliphatic heterocycles. The van der Waals surface area contributed by atoms with Gasteiger partial charge in [0.15, 0.2) is 6.30 Å². The van der Waals surface area contributed by atoms with Gasteiger partial charge in [0, 0.05) is 26.1 Å². The lowest BCUT2D eigenvalue weighted by molar-refractivity contribution is -0.0883. The Morgan fingerprint density at radius 2 is 1.92 bits per heavy atom. The van der Waals surface area contributed by atoms with Crippen LogP contribution in [-0.2, 0) is 0 Å². The molecule has 2 saturated heterocycles. The highest BCUT2D eigenvalue weighted by molar-refractivity contribution is 4.93. The van der Waals surface area contributed by atoms with Crippen LogP contribution in [0.5, 0.6) is 0 Å². The molecule has 0 spiro atoms. The zero-order valence-electron chi connectivity index (χ0n) is 7.73. The van der Waals surface area contributed by atoms with E-state index in [1.807, 2.05) is 0 Å². The molecular formula is C9H16F2N2. The van der Waals surface area contributed by atoms with Gasteiger partial charge in [-0.25, -0.2) is 8.78 Å². The molecule has 4 heteroatoms. The predicted octanol–water partition coefficient (Wildman–Crippen LogP) is 1.43. The molecule has 2 fully saturated rings. The van der Waals surface area contributed by atoms with Gasteiger partial charge < -0.3 is 0 Å². The van der Waals surface area contributed by atoms with Crippen molar-refractivity contribution in [2.75, 3.05) is 19.6 Å². The number of alkyl halides is 2. The Balaban J connectivity index is 2.03. The molecule has 0 bridgehead atoms. The zero-order chi connectivity index (χ0) is 9.31. The van der Waals surface area contributed by atoms with Gasteiger partial charge in [-0.05, 0) is 12.8 Å². The van der Waals surface area contributed by atoms with E-state index in [1.165, 1.54) is 0 Å². The fourth-order valence-electron chi connectivity index (χ4n) is 2.24. The number of halogens is 2. The summed E-state index contributed by atoms with van der Waals surface area (Å²) >= 11 is 0. The summed E-state index contributed by atoms with van der Waals surface area (Å²) in [5.74, 6) is -1.72.